The molecule has 2 fully saturated rings. The van der Waals surface area contributed by atoms with Gasteiger partial charge in [0.15, 0.2) is 0 Å². The van der Waals surface area contributed by atoms with Crippen LogP contribution >= 0.6 is 0 Å². The maximum absolute atomic E-state index is 13.9. The summed E-state index contributed by atoms with van der Waals surface area (Å²) in [6, 6.07) is 5.46. The Morgan fingerprint density at radius 3 is 2.40 bits per heavy atom. The molecule has 2 aliphatic rings. The number of hydrogen-bond donors (Lipinski definition) is 1. The minimum Gasteiger partial charge on any atom is -0.341 e. The van der Waals surface area contributed by atoms with Crippen LogP contribution in [0.15, 0.2) is 29.2 Å². The molecule has 1 atom stereocenters. The summed E-state index contributed by atoms with van der Waals surface area (Å²) in [5.41, 5.74) is 0. The number of benzene rings is 1. The number of piperidine rings is 1. The van der Waals surface area contributed by atoms with E-state index in [1.807, 2.05) is 0 Å². The topological polar surface area (TPSA) is 69.7 Å². The Bertz CT molecular complexity index is 732. The van der Waals surface area contributed by atoms with Crippen LogP contribution in [0.2, 0.25) is 0 Å². The van der Waals surface area contributed by atoms with Gasteiger partial charge in [-0.05, 0) is 43.2 Å². The smallest absolute Gasteiger partial charge is 0.317 e. The first-order valence-corrected chi connectivity index (χ1v) is 10.1. The number of carbonyl (C=O) groups excluding carboxylic acids is 1. The standard InChI is InChI=1S/C17H24FN3O3S/c1-19-17(22)20-9-6-13(7-10-20)14-8-11-21(12-14)25(23,24)16-5-3-2-4-15(16)18/h2-5,13-14H,6-12H2,1H3,(H,19,22). The third-order valence-electron chi connectivity index (χ3n) is 5.35. The van der Waals surface area contributed by atoms with Crippen LogP contribution in [0.25, 0.3) is 0 Å². The second kappa shape index (κ2) is 7.29. The van der Waals surface area contributed by atoms with E-state index < -0.39 is 15.8 Å². The molecular weight excluding hydrogens is 345 g/mol. The second-order valence-corrected chi connectivity index (χ2v) is 8.63. The van der Waals surface area contributed by atoms with Crippen molar-refractivity contribution >= 4 is 16.1 Å². The van der Waals surface area contributed by atoms with Crippen molar-refractivity contribution in [2.75, 3.05) is 33.2 Å². The van der Waals surface area contributed by atoms with Gasteiger partial charge in [0.2, 0.25) is 10.0 Å². The largest absolute Gasteiger partial charge is 0.341 e. The number of halogens is 1. The molecule has 25 heavy (non-hydrogen) atoms. The van der Waals surface area contributed by atoms with Gasteiger partial charge in [-0.15, -0.1) is 0 Å². The SMILES string of the molecule is CNC(=O)N1CCC(C2CCN(S(=O)(=O)c3ccccc3F)C2)CC1. The van der Waals surface area contributed by atoms with Crippen LogP contribution < -0.4 is 5.32 Å². The molecular formula is C17H24FN3O3S. The molecule has 2 heterocycles. The lowest BCUT2D eigenvalue weighted by Gasteiger charge is -2.34. The molecule has 138 valence electrons. The van der Waals surface area contributed by atoms with E-state index in [0.717, 1.165) is 19.3 Å². The van der Waals surface area contributed by atoms with Crippen molar-refractivity contribution in [2.45, 2.75) is 24.2 Å². The summed E-state index contributed by atoms with van der Waals surface area (Å²) >= 11 is 0. The Kier molecular flexibility index (Phi) is 5.29. The Hall–Kier alpha value is -1.67. The third-order valence-corrected chi connectivity index (χ3v) is 7.25. The molecule has 0 radical (unpaired) electrons. The van der Waals surface area contributed by atoms with Gasteiger partial charge in [0.25, 0.3) is 0 Å². The van der Waals surface area contributed by atoms with Gasteiger partial charge >= 0.3 is 6.03 Å². The van der Waals surface area contributed by atoms with Gasteiger partial charge in [-0.25, -0.2) is 17.6 Å². The van der Waals surface area contributed by atoms with Crippen LogP contribution in [0.4, 0.5) is 9.18 Å². The van der Waals surface area contributed by atoms with Gasteiger partial charge in [-0.3, -0.25) is 0 Å². The fourth-order valence-corrected chi connectivity index (χ4v) is 5.46. The summed E-state index contributed by atoms with van der Waals surface area (Å²) in [6.07, 6.45) is 2.55. The average Bonchev–Trinajstić information content (AvgIpc) is 3.12. The Morgan fingerprint density at radius 1 is 1.12 bits per heavy atom. The number of amides is 2. The van der Waals surface area contributed by atoms with E-state index in [4.69, 9.17) is 0 Å². The van der Waals surface area contributed by atoms with Gasteiger partial charge in [0, 0.05) is 33.2 Å². The van der Waals surface area contributed by atoms with Crippen molar-refractivity contribution in [3.8, 4) is 0 Å². The van der Waals surface area contributed by atoms with E-state index >= 15 is 0 Å². The van der Waals surface area contributed by atoms with Gasteiger partial charge in [-0.1, -0.05) is 12.1 Å². The van der Waals surface area contributed by atoms with Crippen LogP contribution in [0.5, 0.6) is 0 Å². The van der Waals surface area contributed by atoms with Crippen molar-refractivity contribution < 1.29 is 17.6 Å². The van der Waals surface area contributed by atoms with Gasteiger partial charge in [0.05, 0.1) is 0 Å². The number of nitrogens with one attached hydrogen (secondary N) is 1. The number of hydrogen-bond acceptors (Lipinski definition) is 3. The molecule has 3 rings (SSSR count). The Labute approximate surface area is 148 Å². The van der Waals surface area contributed by atoms with Crippen molar-refractivity contribution in [3.05, 3.63) is 30.1 Å². The minimum absolute atomic E-state index is 0.0615. The van der Waals surface area contributed by atoms with Gasteiger partial charge in [-0.2, -0.15) is 4.31 Å². The molecule has 1 unspecified atom stereocenters. The van der Waals surface area contributed by atoms with Crippen LogP contribution in [0.1, 0.15) is 19.3 Å². The van der Waals surface area contributed by atoms with E-state index in [-0.39, 0.29) is 16.8 Å². The van der Waals surface area contributed by atoms with Crippen LogP contribution in [-0.4, -0.2) is 56.9 Å². The van der Waals surface area contributed by atoms with Crippen LogP contribution in [0.3, 0.4) is 0 Å². The fraction of sp³-hybridized carbons (Fsp3) is 0.588. The number of carbonyl (C=O) groups is 1. The lowest BCUT2D eigenvalue weighted by atomic mass is 9.84. The van der Waals surface area contributed by atoms with Crippen LogP contribution in [0, 0.1) is 17.7 Å². The zero-order chi connectivity index (χ0) is 18.0. The van der Waals surface area contributed by atoms with Gasteiger partial charge < -0.3 is 10.2 Å². The molecule has 0 aromatic heterocycles. The van der Waals surface area contributed by atoms with Crippen molar-refractivity contribution in [1.82, 2.24) is 14.5 Å². The summed E-state index contributed by atoms with van der Waals surface area (Å²) in [5.74, 6) is -0.0278. The highest BCUT2D eigenvalue weighted by Crippen LogP contribution is 2.34. The molecule has 8 heteroatoms. The van der Waals surface area contributed by atoms with E-state index in [1.165, 1.54) is 28.6 Å². The maximum atomic E-state index is 13.9. The summed E-state index contributed by atoms with van der Waals surface area (Å²) in [4.78, 5) is 13.2. The lowest BCUT2D eigenvalue weighted by molar-refractivity contribution is 0.153. The number of rotatable bonds is 3. The zero-order valence-corrected chi connectivity index (χ0v) is 15.1. The first-order chi connectivity index (χ1) is 11.9. The number of urea groups is 1. The van der Waals surface area contributed by atoms with Gasteiger partial charge in [0.1, 0.15) is 10.7 Å². The lowest BCUT2D eigenvalue weighted by Crippen LogP contribution is -2.44. The molecule has 1 aromatic carbocycles. The molecule has 6 nitrogen and oxygen atoms in total. The molecule has 2 saturated heterocycles. The van der Waals surface area contributed by atoms with Crippen molar-refractivity contribution in [3.63, 3.8) is 0 Å². The highest BCUT2D eigenvalue weighted by atomic mass is 32.2. The summed E-state index contributed by atoms with van der Waals surface area (Å²) in [6.45, 7) is 2.25. The molecule has 0 saturated carbocycles. The van der Waals surface area contributed by atoms with Crippen molar-refractivity contribution in [2.24, 2.45) is 11.8 Å². The fourth-order valence-electron chi connectivity index (χ4n) is 3.88. The van der Waals surface area contributed by atoms with E-state index in [0.29, 0.717) is 32.1 Å². The number of nitrogens with zero attached hydrogens (tertiary/aromatic N) is 2. The highest BCUT2D eigenvalue weighted by molar-refractivity contribution is 7.89. The zero-order valence-electron chi connectivity index (χ0n) is 14.3. The Morgan fingerprint density at radius 2 is 1.76 bits per heavy atom. The third kappa shape index (κ3) is 3.64. The second-order valence-electron chi connectivity index (χ2n) is 6.72. The first kappa shape index (κ1) is 18.1. The predicted molar refractivity (Wildman–Crippen MR) is 92.0 cm³/mol. The van der Waals surface area contributed by atoms with Crippen LogP contribution in [-0.2, 0) is 10.0 Å². The summed E-state index contributed by atoms with van der Waals surface area (Å²) in [7, 11) is -2.16. The molecule has 0 aliphatic carbocycles. The monoisotopic (exact) mass is 369 g/mol. The summed E-state index contributed by atoms with van der Waals surface area (Å²) in [5, 5.41) is 2.63. The average molecular weight is 369 g/mol. The minimum atomic E-state index is -3.79. The summed E-state index contributed by atoms with van der Waals surface area (Å²) < 4.78 is 40.7. The predicted octanol–water partition coefficient (Wildman–Crippen LogP) is 1.89. The molecule has 0 spiro atoms. The molecule has 2 amide bonds. The molecule has 1 aromatic rings. The van der Waals surface area contributed by atoms with E-state index in [9.17, 15) is 17.6 Å². The maximum Gasteiger partial charge on any atom is 0.317 e. The molecule has 0 bridgehead atoms. The molecule has 1 N–H and O–H groups in total. The van der Waals surface area contributed by atoms with E-state index in [2.05, 4.69) is 5.32 Å². The first-order valence-electron chi connectivity index (χ1n) is 8.65. The normalized spacial score (nSPS) is 23.0. The van der Waals surface area contributed by atoms with E-state index in [1.54, 1.807) is 11.9 Å². The Balaban J connectivity index is 1.63. The number of sulfonamides is 1. The van der Waals surface area contributed by atoms with Crippen molar-refractivity contribution in [1.29, 1.82) is 0 Å². The molecule has 2 aliphatic heterocycles. The number of likely N-dealkylation sites (tertiary alicyclic amines) is 1. The quantitative estimate of drug-likeness (QED) is 0.885. The highest BCUT2D eigenvalue weighted by Gasteiger charge is 2.38.